The van der Waals surface area contributed by atoms with Crippen molar-refractivity contribution in [1.29, 1.82) is 0 Å². The molecule has 2 unspecified atom stereocenters. The molecule has 0 aromatic heterocycles. The number of terminal acetylenes is 1. The number of nitrogens with one attached hydrogen (secondary N) is 1. The zero-order chi connectivity index (χ0) is 10.6. The van der Waals surface area contributed by atoms with Gasteiger partial charge in [-0.1, -0.05) is 5.92 Å². The third-order valence-electron chi connectivity index (χ3n) is 1.40. The Bertz CT molecular complexity index is 327. The summed E-state index contributed by atoms with van der Waals surface area (Å²) in [6.45, 7) is 2.53. The molecule has 0 bridgehead atoms. The van der Waals surface area contributed by atoms with Gasteiger partial charge in [0, 0.05) is 0 Å². The first-order valence-corrected chi connectivity index (χ1v) is 5.06. The van der Waals surface area contributed by atoms with E-state index < -0.39 is 27.3 Å². The van der Waals surface area contributed by atoms with Gasteiger partial charge >= 0.3 is 5.97 Å². The van der Waals surface area contributed by atoms with Crippen molar-refractivity contribution in [3.05, 3.63) is 0 Å². The molecule has 0 amide bonds. The third kappa shape index (κ3) is 3.44. The molecule has 0 aliphatic heterocycles. The van der Waals surface area contributed by atoms with Crippen LogP contribution in [0.5, 0.6) is 0 Å². The molecule has 0 saturated carbocycles. The summed E-state index contributed by atoms with van der Waals surface area (Å²) in [6, 6.07) is -0.702. The smallest absolute Gasteiger partial charge is 0.323 e. The summed E-state index contributed by atoms with van der Waals surface area (Å²) in [4.78, 5) is 10.3. The molecule has 2 N–H and O–H groups in total. The fourth-order valence-corrected chi connectivity index (χ4v) is 1.55. The van der Waals surface area contributed by atoms with Crippen LogP contribution in [0.4, 0.5) is 0 Å². The number of carboxylic acids is 1. The highest BCUT2D eigenvalue weighted by atomic mass is 32.2. The van der Waals surface area contributed by atoms with Gasteiger partial charge in [0.2, 0.25) is 10.0 Å². The van der Waals surface area contributed by atoms with Crippen molar-refractivity contribution in [2.75, 3.05) is 0 Å². The van der Waals surface area contributed by atoms with Gasteiger partial charge in [-0.15, -0.1) is 6.42 Å². The Morgan fingerprint density at radius 1 is 1.54 bits per heavy atom. The summed E-state index contributed by atoms with van der Waals surface area (Å²) in [7, 11) is -3.86. The standard InChI is InChI=1S/C7H11NO4S/c1-4-5(2)8-13(11,12)6(3)7(9)10/h1,5-6,8H,2-3H3,(H,9,10). The summed E-state index contributed by atoms with van der Waals surface area (Å²) < 4.78 is 24.3. The SMILES string of the molecule is C#CC(C)NS(=O)(=O)C(C)C(=O)O. The predicted molar refractivity (Wildman–Crippen MR) is 47.4 cm³/mol. The molecule has 0 rings (SSSR count). The molecule has 0 saturated heterocycles. The van der Waals surface area contributed by atoms with Crippen molar-refractivity contribution in [3.8, 4) is 12.3 Å². The van der Waals surface area contributed by atoms with Crippen LogP contribution < -0.4 is 4.72 Å². The second kappa shape index (κ2) is 4.25. The minimum Gasteiger partial charge on any atom is -0.480 e. The molecule has 0 spiro atoms. The molecule has 0 radical (unpaired) electrons. The van der Waals surface area contributed by atoms with Gasteiger partial charge < -0.3 is 5.11 Å². The summed E-state index contributed by atoms with van der Waals surface area (Å²) in [6.07, 6.45) is 4.93. The summed E-state index contributed by atoms with van der Waals surface area (Å²) in [5, 5.41) is 6.94. The molecule has 0 fully saturated rings. The topological polar surface area (TPSA) is 83.5 Å². The van der Waals surface area contributed by atoms with Crippen LogP contribution in [0.1, 0.15) is 13.8 Å². The lowest BCUT2D eigenvalue weighted by atomic mass is 10.4. The van der Waals surface area contributed by atoms with Crippen molar-refractivity contribution in [3.63, 3.8) is 0 Å². The van der Waals surface area contributed by atoms with Crippen LogP contribution in [-0.4, -0.2) is 30.8 Å². The first-order valence-electron chi connectivity index (χ1n) is 3.51. The van der Waals surface area contributed by atoms with Crippen LogP contribution >= 0.6 is 0 Å². The van der Waals surface area contributed by atoms with E-state index in [-0.39, 0.29) is 0 Å². The molecule has 0 aromatic rings. The fourth-order valence-electron chi connectivity index (χ4n) is 0.515. The average molecular weight is 205 g/mol. The normalized spacial score (nSPS) is 15.8. The zero-order valence-corrected chi connectivity index (χ0v) is 8.13. The first kappa shape index (κ1) is 11.9. The van der Waals surface area contributed by atoms with E-state index in [4.69, 9.17) is 11.5 Å². The highest BCUT2D eigenvalue weighted by Crippen LogP contribution is 1.99. The third-order valence-corrected chi connectivity index (χ3v) is 3.22. The van der Waals surface area contributed by atoms with E-state index in [1.807, 2.05) is 4.72 Å². The maximum atomic E-state index is 11.2. The number of hydrogen-bond acceptors (Lipinski definition) is 3. The van der Waals surface area contributed by atoms with E-state index in [2.05, 4.69) is 5.92 Å². The fraction of sp³-hybridized carbons (Fsp3) is 0.571. The number of carboxylic acid groups (broad SMARTS) is 1. The van der Waals surface area contributed by atoms with Gasteiger partial charge in [-0.3, -0.25) is 4.79 Å². The molecule has 0 aromatic carbocycles. The van der Waals surface area contributed by atoms with E-state index in [0.29, 0.717) is 0 Å². The van der Waals surface area contributed by atoms with Gasteiger partial charge in [0.1, 0.15) is 0 Å². The van der Waals surface area contributed by atoms with Gasteiger partial charge in [0.05, 0.1) is 6.04 Å². The number of aliphatic carboxylic acids is 1. The monoisotopic (exact) mass is 205 g/mol. The molecule has 6 heteroatoms. The molecule has 2 atom stereocenters. The molecule has 0 aliphatic carbocycles. The van der Waals surface area contributed by atoms with E-state index in [0.717, 1.165) is 6.92 Å². The minimum absolute atomic E-state index is 0.702. The number of carbonyl (C=O) groups is 1. The van der Waals surface area contributed by atoms with Crippen LogP contribution in [0.2, 0.25) is 0 Å². The number of sulfonamides is 1. The summed E-state index contributed by atoms with van der Waals surface area (Å²) >= 11 is 0. The number of hydrogen-bond donors (Lipinski definition) is 2. The van der Waals surface area contributed by atoms with E-state index >= 15 is 0 Å². The van der Waals surface area contributed by atoms with Crippen LogP contribution in [0.15, 0.2) is 0 Å². The Labute approximate surface area is 77.2 Å². The van der Waals surface area contributed by atoms with Crippen molar-refractivity contribution in [2.24, 2.45) is 0 Å². The van der Waals surface area contributed by atoms with Crippen LogP contribution in [-0.2, 0) is 14.8 Å². The maximum Gasteiger partial charge on any atom is 0.323 e. The Hall–Kier alpha value is -1.06. The highest BCUT2D eigenvalue weighted by Gasteiger charge is 2.28. The molecular weight excluding hydrogens is 194 g/mol. The lowest BCUT2D eigenvalue weighted by Crippen LogP contribution is -2.41. The zero-order valence-electron chi connectivity index (χ0n) is 7.31. The summed E-state index contributed by atoms with van der Waals surface area (Å²) in [5.74, 6) is 0.726. The molecule has 0 heterocycles. The quantitative estimate of drug-likeness (QED) is 0.600. The number of rotatable bonds is 4. The largest absolute Gasteiger partial charge is 0.480 e. The van der Waals surface area contributed by atoms with Crippen molar-refractivity contribution >= 4 is 16.0 Å². The van der Waals surface area contributed by atoms with Gasteiger partial charge in [-0.2, -0.15) is 0 Å². The molecule has 74 valence electrons. The van der Waals surface area contributed by atoms with Gasteiger partial charge in [0.15, 0.2) is 5.25 Å². The van der Waals surface area contributed by atoms with E-state index in [9.17, 15) is 13.2 Å². The van der Waals surface area contributed by atoms with Gasteiger partial charge in [-0.25, -0.2) is 13.1 Å². The Morgan fingerprint density at radius 2 is 2.00 bits per heavy atom. The molecule has 13 heavy (non-hydrogen) atoms. The Kier molecular flexibility index (Phi) is 3.91. The lowest BCUT2D eigenvalue weighted by Gasteiger charge is -2.11. The van der Waals surface area contributed by atoms with Gasteiger partial charge in [-0.05, 0) is 13.8 Å². The Balaban J connectivity index is 4.62. The van der Waals surface area contributed by atoms with Crippen molar-refractivity contribution in [2.45, 2.75) is 25.1 Å². The highest BCUT2D eigenvalue weighted by molar-refractivity contribution is 7.90. The second-order valence-corrected chi connectivity index (χ2v) is 4.56. The molecular formula is C7H11NO4S. The van der Waals surface area contributed by atoms with Crippen molar-refractivity contribution < 1.29 is 18.3 Å². The first-order chi connectivity index (χ1) is 5.81. The van der Waals surface area contributed by atoms with Crippen LogP contribution in [0.25, 0.3) is 0 Å². The van der Waals surface area contributed by atoms with Gasteiger partial charge in [0.25, 0.3) is 0 Å². The van der Waals surface area contributed by atoms with Crippen LogP contribution in [0, 0.1) is 12.3 Å². The minimum atomic E-state index is -3.86. The van der Waals surface area contributed by atoms with Crippen molar-refractivity contribution in [1.82, 2.24) is 4.72 Å². The maximum absolute atomic E-state index is 11.2. The lowest BCUT2D eigenvalue weighted by molar-refractivity contribution is -0.136. The molecule has 5 nitrogen and oxygen atoms in total. The summed E-state index contributed by atoms with van der Waals surface area (Å²) in [5.41, 5.74) is 0. The Morgan fingerprint density at radius 3 is 2.31 bits per heavy atom. The second-order valence-electron chi connectivity index (χ2n) is 2.53. The van der Waals surface area contributed by atoms with E-state index in [1.165, 1.54) is 6.92 Å². The molecule has 0 aliphatic rings. The van der Waals surface area contributed by atoms with Crippen LogP contribution in [0.3, 0.4) is 0 Å². The predicted octanol–water partition coefficient (Wildman–Crippen LogP) is -0.599. The van der Waals surface area contributed by atoms with E-state index in [1.54, 1.807) is 0 Å². The average Bonchev–Trinajstić information content (AvgIpc) is 2.01.